The van der Waals surface area contributed by atoms with Gasteiger partial charge in [-0.15, -0.1) is 0 Å². The second kappa shape index (κ2) is 6.59. The Kier molecular flexibility index (Phi) is 5.18. The monoisotopic (exact) mass is 329 g/mol. The molecule has 7 nitrogen and oxygen atoms in total. The molecule has 124 valence electrons. The molecule has 8 heteroatoms. The van der Waals surface area contributed by atoms with Gasteiger partial charge < -0.3 is 10.2 Å². The van der Waals surface area contributed by atoms with E-state index in [0.717, 1.165) is 17.5 Å². The van der Waals surface area contributed by atoms with Gasteiger partial charge in [-0.25, -0.2) is 13.1 Å². The lowest BCUT2D eigenvalue weighted by Gasteiger charge is -2.42. The van der Waals surface area contributed by atoms with E-state index in [4.69, 9.17) is 0 Å². The topological polar surface area (TPSA) is 103 Å². The Morgan fingerprint density at radius 2 is 2.23 bits per heavy atom. The number of aromatic nitrogens is 1. The number of pyridine rings is 1. The van der Waals surface area contributed by atoms with Gasteiger partial charge in [0.15, 0.2) is 0 Å². The highest BCUT2D eigenvalue weighted by molar-refractivity contribution is 7.88. The smallest absolute Gasteiger partial charge is 0.208 e. The molecule has 1 fully saturated rings. The van der Waals surface area contributed by atoms with E-state index in [0.29, 0.717) is 19.5 Å². The van der Waals surface area contributed by atoms with E-state index in [2.05, 4.69) is 9.71 Å². The van der Waals surface area contributed by atoms with Crippen LogP contribution in [0.5, 0.6) is 0 Å². The van der Waals surface area contributed by atoms with E-state index in [1.807, 2.05) is 24.0 Å². The van der Waals surface area contributed by atoms with Gasteiger partial charge in [0.25, 0.3) is 0 Å². The fourth-order valence-electron chi connectivity index (χ4n) is 2.48. The number of aliphatic hydroxyl groups is 2. The summed E-state index contributed by atoms with van der Waals surface area (Å²) in [6, 6.07) is 3.92. The van der Waals surface area contributed by atoms with Gasteiger partial charge in [0, 0.05) is 38.1 Å². The van der Waals surface area contributed by atoms with E-state index < -0.39 is 21.7 Å². The van der Waals surface area contributed by atoms with Crippen molar-refractivity contribution < 1.29 is 18.6 Å². The van der Waals surface area contributed by atoms with E-state index in [-0.39, 0.29) is 13.1 Å². The van der Waals surface area contributed by atoms with Gasteiger partial charge in [-0.3, -0.25) is 9.88 Å². The van der Waals surface area contributed by atoms with Gasteiger partial charge in [-0.2, -0.15) is 0 Å². The number of hydrogen-bond donors (Lipinski definition) is 3. The summed E-state index contributed by atoms with van der Waals surface area (Å²) in [7, 11) is -3.39. The van der Waals surface area contributed by atoms with Crippen molar-refractivity contribution in [3.05, 3.63) is 29.6 Å². The number of piperidine rings is 1. The first kappa shape index (κ1) is 17.3. The third-order valence-corrected chi connectivity index (χ3v) is 4.60. The maximum Gasteiger partial charge on any atom is 0.208 e. The number of rotatable bonds is 5. The highest BCUT2D eigenvalue weighted by Crippen LogP contribution is 2.23. The quantitative estimate of drug-likeness (QED) is 0.656. The lowest BCUT2D eigenvalue weighted by molar-refractivity contribution is -0.115. The summed E-state index contributed by atoms with van der Waals surface area (Å²) in [5.41, 5.74) is 0.562. The van der Waals surface area contributed by atoms with Gasteiger partial charge in [0.2, 0.25) is 10.0 Å². The van der Waals surface area contributed by atoms with Crippen LogP contribution in [0.3, 0.4) is 0 Å². The first-order valence-corrected chi connectivity index (χ1v) is 9.06. The largest absolute Gasteiger partial charge is 0.389 e. The van der Waals surface area contributed by atoms with E-state index in [1.165, 1.54) is 0 Å². The molecule has 0 bridgehead atoms. The van der Waals surface area contributed by atoms with Crippen LogP contribution >= 0.6 is 0 Å². The lowest BCUT2D eigenvalue weighted by Crippen LogP contribution is -2.59. The van der Waals surface area contributed by atoms with Crippen LogP contribution in [0.25, 0.3) is 0 Å². The summed E-state index contributed by atoms with van der Waals surface area (Å²) < 4.78 is 24.5. The van der Waals surface area contributed by atoms with Crippen molar-refractivity contribution in [2.75, 3.05) is 25.9 Å². The Labute approximate surface area is 131 Å². The van der Waals surface area contributed by atoms with Gasteiger partial charge in [-0.1, -0.05) is 6.07 Å². The SMILES string of the molecule is Cc1ccc(CN2CC[C@@](O)(CNS(C)(=O)=O)[C@H](O)C2)cn1. The van der Waals surface area contributed by atoms with Crippen molar-refractivity contribution in [3.63, 3.8) is 0 Å². The number of aliphatic hydroxyl groups excluding tert-OH is 1. The molecular formula is C14H23N3O4S. The molecule has 1 aromatic rings. The van der Waals surface area contributed by atoms with Crippen molar-refractivity contribution >= 4 is 10.0 Å². The minimum atomic E-state index is -3.39. The lowest BCUT2D eigenvalue weighted by atomic mass is 9.88. The Morgan fingerprint density at radius 3 is 2.77 bits per heavy atom. The number of nitrogens with one attached hydrogen (secondary N) is 1. The van der Waals surface area contributed by atoms with Gasteiger partial charge in [0.05, 0.1) is 12.4 Å². The summed E-state index contributed by atoms with van der Waals surface area (Å²) in [6.45, 7) is 3.25. The predicted octanol–water partition coefficient (Wildman–Crippen LogP) is -0.763. The van der Waals surface area contributed by atoms with Crippen LogP contribution < -0.4 is 4.72 Å². The fraction of sp³-hybridized carbons (Fsp3) is 0.643. The molecule has 0 saturated carbocycles. The van der Waals surface area contributed by atoms with Crippen LogP contribution in [-0.2, 0) is 16.6 Å². The summed E-state index contributed by atoms with van der Waals surface area (Å²) >= 11 is 0. The van der Waals surface area contributed by atoms with Gasteiger partial charge in [0.1, 0.15) is 5.60 Å². The van der Waals surface area contributed by atoms with Crippen LogP contribution in [0, 0.1) is 6.92 Å². The minimum absolute atomic E-state index is 0.174. The molecule has 2 rings (SSSR count). The molecule has 0 amide bonds. The van der Waals surface area contributed by atoms with Crippen LogP contribution in [0.1, 0.15) is 17.7 Å². The first-order chi connectivity index (χ1) is 10.2. The summed E-state index contributed by atoms with van der Waals surface area (Å²) in [5, 5.41) is 20.6. The summed E-state index contributed by atoms with van der Waals surface area (Å²) in [6.07, 6.45) is 2.13. The van der Waals surface area contributed by atoms with Crippen LogP contribution in [-0.4, -0.2) is 66.1 Å². The van der Waals surface area contributed by atoms with E-state index in [9.17, 15) is 18.6 Å². The first-order valence-electron chi connectivity index (χ1n) is 7.17. The van der Waals surface area contributed by atoms with Crippen LogP contribution in [0.15, 0.2) is 18.3 Å². The molecule has 0 aliphatic carbocycles. The van der Waals surface area contributed by atoms with Crippen molar-refractivity contribution in [1.82, 2.24) is 14.6 Å². The molecule has 1 aliphatic heterocycles. The van der Waals surface area contributed by atoms with Crippen molar-refractivity contribution in [2.45, 2.75) is 31.6 Å². The number of hydrogen-bond acceptors (Lipinski definition) is 6. The van der Waals surface area contributed by atoms with Crippen molar-refractivity contribution in [1.29, 1.82) is 0 Å². The number of likely N-dealkylation sites (tertiary alicyclic amines) is 1. The third-order valence-electron chi connectivity index (χ3n) is 3.93. The maximum absolute atomic E-state index is 11.1. The zero-order valence-corrected chi connectivity index (χ0v) is 13.7. The highest BCUT2D eigenvalue weighted by atomic mass is 32.2. The average Bonchev–Trinajstić information content (AvgIpc) is 2.43. The van der Waals surface area contributed by atoms with Crippen LogP contribution in [0.4, 0.5) is 0 Å². The normalized spacial score (nSPS) is 27.0. The number of β-amino-alcohol motifs (C(OH)–C–C–N with tert-alkyl or cyclic N) is 1. The minimum Gasteiger partial charge on any atom is -0.389 e. The standard InChI is InChI=1S/C14H23N3O4S/c1-11-3-4-12(7-15-11)8-17-6-5-14(19,13(18)9-17)10-16-22(2,20)21/h3-4,7,13,16,18-19H,5-6,8-10H2,1-2H3/t13-,14-/m1/s1. The highest BCUT2D eigenvalue weighted by Gasteiger charge is 2.40. The van der Waals surface area contributed by atoms with E-state index >= 15 is 0 Å². The zero-order chi connectivity index (χ0) is 16.4. The van der Waals surface area contributed by atoms with Crippen LogP contribution in [0.2, 0.25) is 0 Å². The van der Waals surface area contributed by atoms with Gasteiger partial charge in [-0.05, 0) is 25.0 Å². The second-order valence-corrected chi connectivity index (χ2v) is 7.84. The third kappa shape index (κ3) is 4.72. The Balaban J connectivity index is 1.93. The molecule has 1 saturated heterocycles. The molecule has 1 aliphatic rings. The Hall–Kier alpha value is -1.06. The average molecular weight is 329 g/mol. The molecule has 0 radical (unpaired) electrons. The molecule has 2 heterocycles. The Bertz CT molecular complexity index is 605. The predicted molar refractivity (Wildman–Crippen MR) is 82.7 cm³/mol. The number of sulfonamides is 1. The molecular weight excluding hydrogens is 306 g/mol. The molecule has 0 aromatic carbocycles. The molecule has 1 aromatic heterocycles. The number of aryl methyl sites for hydroxylation is 1. The Morgan fingerprint density at radius 1 is 1.50 bits per heavy atom. The van der Waals surface area contributed by atoms with E-state index in [1.54, 1.807) is 6.20 Å². The summed E-state index contributed by atoms with van der Waals surface area (Å²) in [5.74, 6) is 0. The van der Waals surface area contributed by atoms with Crippen molar-refractivity contribution in [2.24, 2.45) is 0 Å². The zero-order valence-electron chi connectivity index (χ0n) is 12.9. The second-order valence-electron chi connectivity index (χ2n) is 6.01. The molecule has 2 atom stereocenters. The molecule has 0 unspecified atom stereocenters. The molecule has 0 spiro atoms. The fourth-order valence-corrected chi connectivity index (χ4v) is 2.99. The molecule has 3 N–H and O–H groups in total. The number of nitrogens with zero attached hydrogens (tertiary/aromatic N) is 2. The summed E-state index contributed by atoms with van der Waals surface area (Å²) in [4.78, 5) is 6.25. The molecule has 22 heavy (non-hydrogen) atoms. The maximum atomic E-state index is 11.1. The van der Waals surface area contributed by atoms with Crippen molar-refractivity contribution in [3.8, 4) is 0 Å². The van der Waals surface area contributed by atoms with Gasteiger partial charge >= 0.3 is 0 Å².